The van der Waals surface area contributed by atoms with Gasteiger partial charge in [0.1, 0.15) is 5.84 Å². The molecule has 0 bridgehead atoms. The van der Waals surface area contributed by atoms with E-state index in [0.29, 0.717) is 24.4 Å². The molecule has 1 aromatic rings. The maximum atomic E-state index is 12.5. The van der Waals surface area contributed by atoms with Crippen molar-refractivity contribution >= 4 is 24.0 Å². The number of aliphatic imine (C=N–C) groups is 1. The molecule has 0 atom stereocenters. The van der Waals surface area contributed by atoms with E-state index in [1.54, 1.807) is 11.1 Å². The molecule has 0 fully saturated rings. The molecule has 0 aromatic heterocycles. The number of allylic oxidation sites excluding steroid dienone is 1. The molecule has 0 spiro atoms. The van der Waals surface area contributed by atoms with Gasteiger partial charge in [-0.1, -0.05) is 12.1 Å². The van der Waals surface area contributed by atoms with Gasteiger partial charge in [0.15, 0.2) is 0 Å². The van der Waals surface area contributed by atoms with Gasteiger partial charge in [0.2, 0.25) is 0 Å². The second kappa shape index (κ2) is 5.28. The Hall–Kier alpha value is -1.82. The van der Waals surface area contributed by atoms with E-state index in [9.17, 15) is 13.2 Å². The number of hydrazone groups is 1. The van der Waals surface area contributed by atoms with Crippen molar-refractivity contribution in [3.8, 4) is 0 Å². The van der Waals surface area contributed by atoms with Crippen LogP contribution in [0.5, 0.6) is 0 Å². The molecule has 7 heteroatoms. The Balaban J connectivity index is 0.00000147. The summed E-state index contributed by atoms with van der Waals surface area (Å²) >= 11 is 0. The first kappa shape index (κ1) is 14.6. The molecule has 0 saturated heterocycles. The Bertz CT molecular complexity index is 588. The summed E-state index contributed by atoms with van der Waals surface area (Å²) in [4.78, 5) is 4.23. The van der Waals surface area contributed by atoms with Crippen LogP contribution in [0.3, 0.4) is 0 Å². The fourth-order valence-electron chi connectivity index (χ4n) is 2.00. The number of amidine groups is 1. The molecule has 0 saturated carbocycles. The van der Waals surface area contributed by atoms with Gasteiger partial charge < -0.3 is 0 Å². The molecule has 0 N–H and O–H groups in total. The molecule has 106 valence electrons. The first-order valence-electron chi connectivity index (χ1n) is 5.80. The summed E-state index contributed by atoms with van der Waals surface area (Å²) in [6.07, 6.45) is -0.715. The Morgan fingerprint density at radius 2 is 1.75 bits per heavy atom. The van der Waals surface area contributed by atoms with Crippen LogP contribution in [0.1, 0.15) is 11.1 Å². The highest BCUT2D eigenvalue weighted by Gasteiger charge is 2.30. The lowest BCUT2D eigenvalue weighted by molar-refractivity contribution is -0.137. The third-order valence-electron chi connectivity index (χ3n) is 2.98. The van der Waals surface area contributed by atoms with Gasteiger partial charge >= 0.3 is 6.18 Å². The molecule has 3 nitrogen and oxygen atoms in total. The van der Waals surface area contributed by atoms with Crippen molar-refractivity contribution < 1.29 is 13.2 Å². The first-order chi connectivity index (χ1) is 9.04. The fourth-order valence-corrected chi connectivity index (χ4v) is 2.00. The largest absolute Gasteiger partial charge is 0.416 e. The van der Waals surface area contributed by atoms with E-state index in [2.05, 4.69) is 10.1 Å². The average molecular weight is 302 g/mol. The van der Waals surface area contributed by atoms with Crippen LogP contribution in [-0.4, -0.2) is 29.6 Å². The molecule has 2 aliphatic heterocycles. The summed E-state index contributed by atoms with van der Waals surface area (Å²) < 4.78 is 37.4. The van der Waals surface area contributed by atoms with E-state index in [4.69, 9.17) is 0 Å². The molecule has 2 aliphatic rings. The summed E-state index contributed by atoms with van der Waals surface area (Å²) in [5, 5.41) is 6.11. The number of fused-ring (bicyclic) bond motifs is 1. The minimum atomic E-state index is -4.31. The zero-order chi connectivity index (χ0) is 13.5. The average Bonchev–Trinajstić information content (AvgIpc) is 2.85. The maximum absolute atomic E-state index is 12.5. The third kappa shape index (κ3) is 2.70. The smallest absolute Gasteiger partial charge is 0.265 e. The fraction of sp³-hybridized carbons (Fsp3) is 0.231. The lowest BCUT2D eigenvalue weighted by Crippen LogP contribution is -2.25. The van der Waals surface area contributed by atoms with E-state index in [-0.39, 0.29) is 12.4 Å². The predicted molar refractivity (Wildman–Crippen MR) is 73.4 cm³/mol. The van der Waals surface area contributed by atoms with Crippen LogP contribution in [0, 0.1) is 0 Å². The molecule has 0 aliphatic carbocycles. The topological polar surface area (TPSA) is 28.0 Å². The van der Waals surface area contributed by atoms with Gasteiger partial charge in [-0.05, 0) is 24.3 Å². The summed E-state index contributed by atoms with van der Waals surface area (Å²) in [5.41, 5.74) is 0.657. The van der Waals surface area contributed by atoms with E-state index in [0.717, 1.165) is 18.0 Å². The van der Waals surface area contributed by atoms with Crippen LogP contribution >= 0.6 is 12.4 Å². The lowest BCUT2D eigenvalue weighted by Gasteiger charge is -2.17. The van der Waals surface area contributed by atoms with Gasteiger partial charge in [0, 0.05) is 5.56 Å². The van der Waals surface area contributed by atoms with Crippen LogP contribution in [-0.2, 0) is 6.18 Å². The van der Waals surface area contributed by atoms with E-state index < -0.39 is 11.7 Å². The molecular weight excluding hydrogens is 291 g/mol. The van der Waals surface area contributed by atoms with Gasteiger partial charge in [-0.15, -0.1) is 12.4 Å². The SMILES string of the molecule is Cl.FC(F)(F)c1ccc(C2=NN3CCN=C3C=C2)cc1. The Labute approximate surface area is 119 Å². The van der Waals surface area contributed by atoms with Crippen LogP contribution in [0.2, 0.25) is 0 Å². The second-order valence-corrected chi connectivity index (χ2v) is 4.26. The zero-order valence-corrected chi connectivity index (χ0v) is 11.1. The van der Waals surface area contributed by atoms with Crippen molar-refractivity contribution in [3.63, 3.8) is 0 Å². The lowest BCUT2D eigenvalue weighted by atomic mass is 10.1. The van der Waals surface area contributed by atoms with Crippen molar-refractivity contribution in [3.05, 3.63) is 47.5 Å². The summed E-state index contributed by atoms with van der Waals surface area (Å²) in [5.74, 6) is 0.802. The summed E-state index contributed by atoms with van der Waals surface area (Å²) in [7, 11) is 0. The Morgan fingerprint density at radius 1 is 1.05 bits per heavy atom. The van der Waals surface area contributed by atoms with Crippen molar-refractivity contribution in [2.24, 2.45) is 10.1 Å². The molecule has 3 rings (SSSR count). The van der Waals surface area contributed by atoms with E-state index in [1.165, 1.54) is 12.1 Å². The number of hydrogen-bond acceptors (Lipinski definition) is 3. The Morgan fingerprint density at radius 3 is 2.40 bits per heavy atom. The number of hydrogen-bond donors (Lipinski definition) is 0. The highest BCUT2D eigenvalue weighted by molar-refractivity contribution is 6.14. The van der Waals surface area contributed by atoms with Gasteiger partial charge in [0.05, 0.1) is 24.4 Å². The van der Waals surface area contributed by atoms with E-state index >= 15 is 0 Å². The second-order valence-electron chi connectivity index (χ2n) is 4.26. The van der Waals surface area contributed by atoms with Crippen molar-refractivity contribution in [2.45, 2.75) is 6.18 Å². The van der Waals surface area contributed by atoms with Crippen LogP contribution in [0.15, 0.2) is 46.5 Å². The van der Waals surface area contributed by atoms with Gasteiger partial charge in [0.25, 0.3) is 0 Å². The number of alkyl halides is 3. The van der Waals surface area contributed by atoms with Crippen molar-refractivity contribution in [1.82, 2.24) is 5.01 Å². The van der Waals surface area contributed by atoms with Crippen molar-refractivity contribution in [1.29, 1.82) is 0 Å². The standard InChI is InChI=1S/C13H10F3N3.ClH/c14-13(15,16)10-3-1-9(2-4-10)11-5-6-12-17-7-8-19(12)18-11;/h1-6H,7-8H2;1H. The van der Waals surface area contributed by atoms with Gasteiger partial charge in [-0.25, -0.2) is 5.01 Å². The molecule has 0 radical (unpaired) electrons. The molecule has 0 amide bonds. The molecular formula is C13H11ClF3N3. The normalized spacial score (nSPS) is 17.2. The molecule has 1 aromatic carbocycles. The molecule has 0 unspecified atom stereocenters. The van der Waals surface area contributed by atoms with Crippen LogP contribution in [0.25, 0.3) is 0 Å². The number of halogens is 4. The first-order valence-corrected chi connectivity index (χ1v) is 5.80. The van der Waals surface area contributed by atoms with Crippen molar-refractivity contribution in [2.75, 3.05) is 13.1 Å². The van der Waals surface area contributed by atoms with Gasteiger partial charge in [-0.2, -0.15) is 18.3 Å². The monoisotopic (exact) mass is 301 g/mol. The number of nitrogens with zero attached hydrogens (tertiary/aromatic N) is 3. The van der Waals surface area contributed by atoms with Crippen LogP contribution < -0.4 is 0 Å². The third-order valence-corrected chi connectivity index (χ3v) is 2.98. The quantitative estimate of drug-likeness (QED) is 0.783. The molecule has 2 heterocycles. The van der Waals surface area contributed by atoms with Crippen LogP contribution in [0.4, 0.5) is 13.2 Å². The highest BCUT2D eigenvalue weighted by atomic mass is 35.5. The highest BCUT2D eigenvalue weighted by Crippen LogP contribution is 2.29. The molecule has 20 heavy (non-hydrogen) atoms. The number of benzene rings is 1. The summed E-state index contributed by atoms with van der Waals surface area (Å²) in [6.45, 7) is 1.41. The zero-order valence-electron chi connectivity index (χ0n) is 10.3. The summed E-state index contributed by atoms with van der Waals surface area (Å²) in [6, 6.07) is 5.01. The van der Waals surface area contributed by atoms with E-state index in [1.807, 2.05) is 6.08 Å². The minimum Gasteiger partial charge on any atom is -0.265 e. The predicted octanol–water partition coefficient (Wildman–Crippen LogP) is 3.12. The number of rotatable bonds is 1. The minimum absolute atomic E-state index is 0. The maximum Gasteiger partial charge on any atom is 0.416 e. The van der Waals surface area contributed by atoms with Gasteiger partial charge in [-0.3, -0.25) is 4.99 Å². The Kier molecular flexibility index (Phi) is 3.85.